The lowest BCUT2D eigenvalue weighted by molar-refractivity contribution is 0.672. The minimum absolute atomic E-state index is 0.251. The Morgan fingerprint density at radius 2 is 1.75 bits per heavy atom. The highest BCUT2D eigenvalue weighted by atomic mass is 15.3. The van der Waals surface area contributed by atoms with Crippen LogP contribution in [-0.2, 0) is 6.42 Å². The standard InChI is InChI=1S/C19H17N5/c20-16(12-15-7-3-4-10-21-15)19-18(9-5-11-22-19)24-17-8-2-1-6-14(17)13-23-24/h1-11,13,16H,12,20H2/t16-/m0/s1. The van der Waals surface area contributed by atoms with Crippen molar-refractivity contribution in [2.45, 2.75) is 12.5 Å². The number of para-hydroxylation sites is 1. The van der Waals surface area contributed by atoms with E-state index in [-0.39, 0.29) is 6.04 Å². The van der Waals surface area contributed by atoms with Gasteiger partial charge in [-0.15, -0.1) is 0 Å². The van der Waals surface area contributed by atoms with E-state index in [2.05, 4.69) is 15.1 Å². The predicted molar refractivity (Wildman–Crippen MR) is 93.7 cm³/mol. The minimum atomic E-state index is -0.251. The monoisotopic (exact) mass is 315 g/mol. The summed E-state index contributed by atoms with van der Waals surface area (Å²) in [5.41, 5.74) is 10.1. The Bertz CT molecular complexity index is 962. The maximum Gasteiger partial charge on any atom is 0.0884 e. The van der Waals surface area contributed by atoms with Crippen molar-refractivity contribution in [2.75, 3.05) is 0 Å². The molecule has 0 saturated carbocycles. The van der Waals surface area contributed by atoms with Crippen LogP contribution in [0, 0.1) is 0 Å². The van der Waals surface area contributed by atoms with E-state index in [0.717, 1.165) is 28.0 Å². The smallest absolute Gasteiger partial charge is 0.0884 e. The van der Waals surface area contributed by atoms with Crippen molar-refractivity contribution in [2.24, 2.45) is 5.73 Å². The molecular weight excluding hydrogens is 298 g/mol. The Hall–Kier alpha value is -3.05. The molecule has 0 unspecified atom stereocenters. The maximum atomic E-state index is 6.43. The highest BCUT2D eigenvalue weighted by molar-refractivity contribution is 5.80. The number of nitrogens with two attached hydrogens (primary N) is 1. The molecule has 0 aliphatic carbocycles. The summed E-state index contributed by atoms with van der Waals surface area (Å²) in [6.45, 7) is 0. The van der Waals surface area contributed by atoms with E-state index in [9.17, 15) is 0 Å². The zero-order valence-electron chi connectivity index (χ0n) is 13.1. The lowest BCUT2D eigenvalue weighted by atomic mass is 10.1. The van der Waals surface area contributed by atoms with Crippen molar-refractivity contribution in [3.63, 3.8) is 0 Å². The number of benzene rings is 1. The molecule has 5 nitrogen and oxygen atoms in total. The normalized spacial score (nSPS) is 12.4. The Balaban J connectivity index is 1.75. The molecule has 4 aromatic rings. The SMILES string of the molecule is N[C@@H](Cc1ccccn1)c1ncccc1-n1ncc2ccccc21. The zero-order valence-corrected chi connectivity index (χ0v) is 13.1. The Labute approximate surface area is 139 Å². The van der Waals surface area contributed by atoms with E-state index in [4.69, 9.17) is 5.73 Å². The van der Waals surface area contributed by atoms with Crippen LogP contribution < -0.4 is 5.73 Å². The van der Waals surface area contributed by atoms with E-state index in [1.807, 2.05) is 65.5 Å². The van der Waals surface area contributed by atoms with E-state index < -0.39 is 0 Å². The second-order valence-electron chi connectivity index (χ2n) is 5.65. The van der Waals surface area contributed by atoms with Crippen molar-refractivity contribution in [3.05, 3.63) is 84.6 Å². The van der Waals surface area contributed by atoms with E-state index in [1.54, 1.807) is 12.4 Å². The van der Waals surface area contributed by atoms with Crippen LogP contribution in [0.25, 0.3) is 16.6 Å². The van der Waals surface area contributed by atoms with Gasteiger partial charge < -0.3 is 5.73 Å². The number of fused-ring (bicyclic) bond motifs is 1. The number of hydrogen-bond donors (Lipinski definition) is 1. The fraction of sp³-hybridized carbons (Fsp3) is 0.105. The van der Waals surface area contributed by atoms with Crippen molar-refractivity contribution in [3.8, 4) is 5.69 Å². The van der Waals surface area contributed by atoms with Crippen LogP contribution in [0.4, 0.5) is 0 Å². The molecular formula is C19H17N5. The van der Waals surface area contributed by atoms with Crippen molar-refractivity contribution in [1.82, 2.24) is 19.7 Å². The fourth-order valence-corrected chi connectivity index (χ4v) is 2.88. The highest BCUT2D eigenvalue weighted by Gasteiger charge is 2.16. The third-order valence-corrected chi connectivity index (χ3v) is 4.03. The van der Waals surface area contributed by atoms with Gasteiger partial charge in [-0.2, -0.15) is 5.10 Å². The summed E-state index contributed by atoms with van der Waals surface area (Å²) in [6, 6.07) is 17.6. The molecule has 0 radical (unpaired) electrons. The largest absolute Gasteiger partial charge is 0.322 e. The molecule has 0 fully saturated rings. The molecule has 0 spiro atoms. The van der Waals surface area contributed by atoms with Crippen LogP contribution in [0.15, 0.2) is 73.2 Å². The van der Waals surface area contributed by atoms with E-state index in [1.165, 1.54) is 0 Å². The molecule has 0 amide bonds. The van der Waals surface area contributed by atoms with Gasteiger partial charge in [0.25, 0.3) is 0 Å². The number of hydrogen-bond acceptors (Lipinski definition) is 4. The first-order chi connectivity index (χ1) is 11.8. The molecule has 118 valence electrons. The average molecular weight is 315 g/mol. The molecule has 3 aromatic heterocycles. The second-order valence-corrected chi connectivity index (χ2v) is 5.65. The lowest BCUT2D eigenvalue weighted by Gasteiger charge is -2.15. The summed E-state index contributed by atoms with van der Waals surface area (Å²) in [5.74, 6) is 0. The van der Waals surface area contributed by atoms with Gasteiger partial charge in [0.1, 0.15) is 0 Å². The van der Waals surface area contributed by atoms with Gasteiger partial charge in [0.2, 0.25) is 0 Å². The lowest BCUT2D eigenvalue weighted by Crippen LogP contribution is -2.18. The van der Waals surface area contributed by atoms with Crippen LogP contribution in [0.3, 0.4) is 0 Å². The molecule has 2 N–H and O–H groups in total. The summed E-state index contributed by atoms with van der Waals surface area (Å²) >= 11 is 0. The zero-order chi connectivity index (χ0) is 16.4. The predicted octanol–water partition coefficient (Wildman–Crippen LogP) is 3.06. The summed E-state index contributed by atoms with van der Waals surface area (Å²) in [6.07, 6.45) is 6.03. The minimum Gasteiger partial charge on any atom is -0.322 e. The van der Waals surface area contributed by atoms with Gasteiger partial charge in [-0.25, -0.2) is 4.68 Å². The van der Waals surface area contributed by atoms with E-state index >= 15 is 0 Å². The quantitative estimate of drug-likeness (QED) is 0.628. The first kappa shape index (κ1) is 14.5. The molecule has 24 heavy (non-hydrogen) atoms. The fourth-order valence-electron chi connectivity index (χ4n) is 2.88. The maximum absolute atomic E-state index is 6.43. The van der Waals surface area contributed by atoms with Crippen molar-refractivity contribution >= 4 is 10.9 Å². The first-order valence-electron chi connectivity index (χ1n) is 7.86. The summed E-state index contributed by atoms with van der Waals surface area (Å²) in [7, 11) is 0. The third-order valence-electron chi connectivity index (χ3n) is 4.03. The molecule has 0 saturated heterocycles. The molecule has 1 aromatic carbocycles. The van der Waals surface area contributed by atoms with Crippen molar-refractivity contribution < 1.29 is 0 Å². The first-order valence-corrected chi connectivity index (χ1v) is 7.86. The molecule has 5 heteroatoms. The molecule has 3 heterocycles. The molecule has 0 bridgehead atoms. The Morgan fingerprint density at radius 1 is 0.917 bits per heavy atom. The highest BCUT2D eigenvalue weighted by Crippen LogP contribution is 2.24. The van der Waals surface area contributed by atoms with Crippen LogP contribution in [0.1, 0.15) is 17.4 Å². The van der Waals surface area contributed by atoms with Gasteiger partial charge in [-0.05, 0) is 30.3 Å². The average Bonchev–Trinajstić information content (AvgIpc) is 3.06. The summed E-state index contributed by atoms with van der Waals surface area (Å²) in [5, 5.41) is 5.61. The van der Waals surface area contributed by atoms with Gasteiger partial charge in [-0.3, -0.25) is 9.97 Å². The number of nitrogens with zero attached hydrogens (tertiary/aromatic N) is 4. The number of aromatic nitrogens is 4. The second kappa shape index (κ2) is 6.22. The Morgan fingerprint density at radius 3 is 2.62 bits per heavy atom. The van der Waals surface area contributed by atoms with Gasteiger partial charge in [0.15, 0.2) is 0 Å². The van der Waals surface area contributed by atoms with Crippen LogP contribution in [-0.4, -0.2) is 19.7 Å². The molecule has 4 rings (SSSR count). The summed E-state index contributed by atoms with van der Waals surface area (Å²) in [4.78, 5) is 8.88. The van der Waals surface area contributed by atoms with E-state index in [0.29, 0.717) is 6.42 Å². The summed E-state index contributed by atoms with van der Waals surface area (Å²) < 4.78 is 1.90. The van der Waals surface area contributed by atoms with Gasteiger partial charge in [0.05, 0.1) is 29.1 Å². The Kier molecular flexibility index (Phi) is 3.76. The van der Waals surface area contributed by atoms with Crippen LogP contribution >= 0.6 is 0 Å². The number of pyridine rings is 2. The van der Waals surface area contributed by atoms with Gasteiger partial charge >= 0.3 is 0 Å². The third kappa shape index (κ3) is 2.66. The van der Waals surface area contributed by atoms with Gasteiger partial charge in [0, 0.05) is 29.9 Å². The topological polar surface area (TPSA) is 69.6 Å². The van der Waals surface area contributed by atoms with Crippen molar-refractivity contribution in [1.29, 1.82) is 0 Å². The molecule has 1 atom stereocenters. The molecule has 0 aliphatic rings. The van der Waals surface area contributed by atoms with Crippen LogP contribution in [0.5, 0.6) is 0 Å². The molecule has 0 aliphatic heterocycles. The van der Waals surface area contributed by atoms with Crippen LogP contribution in [0.2, 0.25) is 0 Å². The van der Waals surface area contributed by atoms with Gasteiger partial charge in [-0.1, -0.05) is 24.3 Å². The number of rotatable bonds is 4.